The van der Waals surface area contributed by atoms with E-state index < -0.39 is 0 Å². The quantitative estimate of drug-likeness (QED) is 0.399. The summed E-state index contributed by atoms with van der Waals surface area (Å²) in [5.74, 6) is 0.505. The molecule has 0 fully saturated rings. The molecule has 1 aliphatic rings. The Hall–Kier alpha value is -2.61. The van der Waals surface area contributed by atoms with Gasteiger partial charge in [-0.15, -0.1) is 11.3 Å². The van der Waals surface area contributed by atoms with Crippen LogP contribution in [-0.4, -0.2) is 11.6 Å². The Morgan fingerprint density at radius 1 is 1.12 bits per heavy atom. The number of thiazole rings is 2. The maximum absolute atomic E-state index is 8.99. The molecule has 0 atom stereocenters. The summed E-state index contributed by atoms with van der Waals surface area (Å²) in [4.78, 5) is 3.53. The molecule has 5 rings (SSSR count). The predicted molar refractivity (Wildman–Crippen MR) is 145 cm³/mol. The van der Waals surface area contributed by atoms with E-state index in [1.807, 2.05) is 0 Å². The fourth-order valence-corrected chi connectivity index (χ4v) is 7.58. The number of benzene rings is 2. The molecule has 0 radical (unpaired) electrons. The molecule has 174 valence electrons. The van der Waals surface area contributed by atoms with Gasteiger partial charge >= 0.3 is 0 Å². The van der Waals surface area contributed by atoms with Crippen molar-refractivity contribution < 1.29 is 4.57 Å². The molecule has 0 unspecified atom stereocenters. The summed E-state index contributed by atoms with van der Waals surface area (Å²) in [6.07, 6.45) is 4.39. The van der Waals surface area contributed by atoms with Crippen LogP contribution < -0.4 is 24.1 Å². The fourth-order valence-electron chi connectivity index (χ4n) is 4.18. The number of nitrogens with zero attached hydrogens (tertiary/aromatic N) is 3. The van der Waals surface area contributed by atoms with Crippen LogP contribution in [0.4, 0.5) is 5.69 Å². The second-order valence-electron chi connectivity index (χ2n) is 8.71. The van der Waals surface area contributed by atoms with Gasteiger partial charge < -0.3 is 9.47 Å². The van der Waals surface area contributed by atoms with Gasteiger partial charge in [0.15, 0.2) is 12.7 Å². The number of thioether (sulfide) groups is 1. The van der Waals surface area contributed by atoms with Gasteiger partial charge in [-0.3, -0.25) is 5.41 Å². The number of hydrogen-bond acceptors (Lipinski definition) is 5. The molecule has 4 aromatic rings. The van der Waals surface area contributed by atoms with E-state index in [2.05, 4.69) is 108 Å². The van der Waals surface area contributed by atoms with E-state index in [0.717, 1.165) is 27.3 Å². The molecule has 0 saturated heterocycles. The fraction of sp³-hybridized carbons (Fsp3) is 0.259. The van der Waals surface area contributed by atoms with E-state index in [1.165, 1.54) is 26.7 Å². The van der Waals surface area contributed by atoms with Crippen LogP contribution in [0.15, 0.2) is 65.0 Å². The zero-order valence-corrected chi connectivity index (χ0v) is 22.4. The molecule has 0 spiro atoms. The number of nitrogens with one attached hydrogen (secondary N) is 1. The zero-order chi connectivity index (χ0) is 23.8. The van der Waals surface area contributed by atoms with Crippen molar-refractivity contribution in [2.24, 2.45) is 0 Å². The van der Waals surface area contributed by atoms with E-state index >= 15 is 0 Å². The Bertz CT molecular complexity index is 1510. The van der Waals surface area contributed by atoms with Crippen molar-refractivity contribution in [1.82, 2.24) is 4.57 Å². The average molecular weight is 506 g/mol. The SMILES string of the molecule is CCn1c(=Cc2scc[n+]2Cc2ccccc2)sc(=C2Sc3cc(C(C)C)ccc3N2C)c1=N. The summed E-state index contributed by atoms with van der Waals surface area (Å²) in [6, 6.07) is 17.3. The lowest BCUT2D eigenvalue weighted by molar-refractivity contribution is -0.685. The van der Waals surface area contributed by atoms with Crippen molar-refractivity contribution in [3.8, 4) is 0 Å². The largest absolute Gasteiger partial charge is 0.337 e. The summed E-state index contributed by atoms with van der Waals surface area (Å²) in [7, 11) is 2.12. The number of rotatable bonds is 5. The maximum Gasteiger partial charge on any atom is 0.264 e. The van der Waals surface area contributed by atoms with Crippen LogP contribution in [0.3, 0.4) is 0 Å². The predicted octanol–water partition coefficient (Wildman–Crippen LogP) is 4.71. The monoisotopic (exact) mass is 505 g/mol. The molecule has 7 heteroatoms. The molecular weight excluding hydrogens is 477 g/mol. The Labute approximate surface area is 212 Å². The zero-order valence-electron chi connectivity index (χ0n) is 19.9. The number of aromatic nitrogens is 2. The third-order valence-corrected chi connectivity index (χ3v) is 9.48. The molecule has 2 aromatic heterocycles. The highest BCUT2D eigenvalue weighted by atomic mass is 32.2. The van der Waals surface area contributed by atoms with E-state index in [-0.39, 0.29) is 0 Å². The van der Waals surface area contributed by atoms with Crippen LogP contribution in [0, 0.1) is 5.41 Å². The normalized spacial score (nSPS) is 15.4. The van der Waals surface area contributed by atoms with Gasteiger partial charge in [-0.25, -0.2) is 0 Å². The Morgan fingerprint density at radius 2 is 1.91 bits per heavy atom. The first kappa shape index (κ1) is 23.1. The van der Waals surface area contributed by atoms with Gasteiger partial charge in [-0.05, 0) is 30.5 Å². The topological polar surface area (TPSA) is 35.9 Å². The van der Waals surface area contributed by atoms with Gasteiger partial charge in [0, 0.05) is 24.1 Å². The van der Waals surface area contributed by atoms with Gasteiger partial charge in [0.2, 0.25) is 0 Å². The van der Waals surface area contributed by atoms with Crippen LogP contribution in [0.5, 0.6) is 0 Å². The van der Waals surface area contributed by atoms with Crippen molar-refractivity contribution in [3.05, 3.63) is 90.9 Å². The summed E-state index contributed by atoms with van der Waals surface area (Å²) < 4.78 is 6.56. The highest BCUT2D eigenvalue weighted by Gasteiger charge is 2.25. The smallest absolute Gasteiger partial charge is 0.264 e. The molecule has 0 amide bonds. The molecule has 1 aliphatic heterocycles. The Kier molecular flexibility index (Phi) is 6.51. The molecule has 0 saturated carbocycles. The lowest BCUT2D eigenvalue weighted by Gasteiger charge is -2.13. The standard InChI is InChI=1S/C27H29N4S3/c1-5-31-24(16-23-30(13-14-32-23)17-19-9-7-6-8-10-19)34-25(26(31)28)27-29(4)21-12-11-20(18(2)3)15-22(21)33-27/h6-16,18,28H,5,17H2,1-4H3/q+1. The maximum atomic E-state index is 8.99. The molecular formula is C27H29N4S3+. The highest BCUT2D eigenvalue weighted by molar-refractivity contribution is 8.08. The second kappa shape index (κ2) is 9.56. The van der Waals surface area contributed by atoms with Crippen LogP contribution in [0.25, 0.3) is 11.1 Å². The summed E-state index contributed by atoms with van der Waals surface area (Å²) >= 11 is 5.25. The van der Waals surface area contributed by atoms with Gasteiger partial charge in [0.05, 0.1) is 17.1 Å². The van der Waals surface area contributed by atoms with E-state index in [0.29, 0.717) is 11.4 Å². The molecule has 0 bridgehead atoms. The van der Waals surface area contributed by atoms with Gasteiger partial charge in [-0.1, -0.05) is 73.3 Å². The summed E-state index contributed by atoms with van der Waals surface area (Å²) in [5, 5.41) is 13.5. The summed E-state index contributed by atoms with van der Waals surface area (Å²) in [5.41, 5.74) is 4.47. The van der Waals surface area contributed by atoms with Crippen molar-refractivity contribution in [1.29, 1.82) is 5.41 Å². The molecule has 0 aliphatic carbocycles. The van der Waals surface area contributed by atoms with Crippen LogP contribution in [0.1, 0.15) is 42.8 Å². The first-order valence-electron chi connectivity index (χ1n) is 11.5. The molecule has 4 nitrogen and oxygen atoms in total. The van der Waals surface area contributed by atoms with Gasteiger partial charge in [0.1, 0.15) is 19.7 Å². The lowest BCUT2D eigenvalue weighted by Crippen LogP contribution is -2.36. The number of fused-ring (bicyclic) bond motifs is 1. The molecule has 2 aromatic carbocycles. The average Bonchev–Trinajstić information content (AvgIpc) is 3.50. The van der Waals surface area contributed by atoms with E-state index in [4.69, 9.17) is 5.41 Å². The van der Waals surface area contributed by atoms with Gasteiger partial charge in [0.25, 0.3) is 5.01 Å². The van der Waals surface area contributed by atoms with E-state index in [1.54, 1.807) is 34.4 Å². The summed E-state index contributed by atoms with van der Waals surface area (Å²) in [6.45, 7) is 8.21. The second-order valence-corrected chi connectivity index (χ2v) is 11.7. The van der Waals surface area contributed by atoms with Crippen molar-refractivity contribution >= 4 is 51.2 Å². The third kappa shape index (κ3) is 4.28. The number of anilines is 1. The third-order valence-electron chi connectivity index (χ3n) is 6.15. The van der Waals surface area contributed by atoms with Crippen molar-refractivity contribution in [3.63, 3.8) is 0 Å². The van der Waals surface area contributed by atoms with Crippen molar-refractivity contribution in [2.45, 2.75) is 44.7 Å². The van der Waals surface area contributed by atoms with Crippen LogP contribution >= 0.6 is 34.4 Å². The van der Waals surface area contributed by atoms with Crippen LogP contribution in [-0.2, 0) is 13.1 Å². The first-order chi connectivity index (χ1) is 16.5. The van der Waals surface area contributed by atoms with E-state index in [9.17, 15) is 0 Å². The van der Waals surface area contributed by atoms with Crippen LogP contribution in [0.2, 0.25) is 0 Å². The first-order valence-corrected chi connectivity index (χ1v) is 14.0. The highest BCUT2D eigenvalue weighted by Crippen LogP contribution is 2.46. The lowest BCUT2D eigenvalue weighted by atomic mass is 10.0. The molecule has 1 N–H and O–H groups in total. The van der Waals surface area contributed by atoms with Crippen molar-refractivity contribution in [2.75, 3.05) is 11.9 Å². The molecule has 3 heterocycles. The molecule has 34 heavy (non-hydrogen) atoms. The minimum absolute atomic E-state index is 0.505. The Balaban J connectivity index is 1.59. The number of hydrogen-bond donors (Lipinski definition) is 1. The minimum atomic E-state index is 0.505. The van der Waals surface area contributed by atoms with Gasteiger partial charge in [-0.2, -0.15) is 4.57 Å². The Morgan fingerprint density at radius 3 is 2.65 bits per heavy atom. The minimum Gasteiger partial charge on any atom is -0.337 e.